The van der Waals surface area contributed by atoms with Crippen LogP contribution in [0.3, 0.4) is 0 Å². The number of rotatable bonds is 6. The second-order valence-electron chi connectivity index (χ2n) is 8.06. The molecule has 8 nitrogen and oxygen atoms in total. The minimum absolute atomic E-state index is 0.158. The largest absolute Gasteiger partial charge is 0.444 e. The smallest absolute Gasteiger partial charge is 0.408 e. The van der Waals surface area contributed by atoms with E-state index in [1.54, 1.807) is 27.0 Å². The van der Waals surface area contributed by atoms with E-state index in [9.17, 15) is 9.59 Å². The Morgan fingerprint density at radius 1 is 1.18 bits per heavy atom. The zero-order valence-corrected chi connectivity index (χ0v) is 16.8. The van der Waals surface area contributed by atoms with Crippen LogP contribution < -0.4 is 10.6 Å². The van der Waals surface area contributed by atoms with Gasteiger partial charge in [0.25, 0.3) is 0 Å². The first-order chi connectivity index (χ1) is 13.3. The number of hydrogen-bond acceptors (Lipinski definition) is 5. The fraction of sp³-hybridized carbons (Fsp3) is 0.550. The zero-order chi connectivity index (χ0) is 20.1. The molecule has 1 aromatic heterocycles. The van der Waals surface area contributed by atoms with Crippen molar-refractivity contribution in [2.45, 2.75) is 45.8 Å². The summed E-state index contributed by atoms with van der Waals surface area (Å²) < 4.78 is 7.11. The number of amides is 2. The van der Waals surface area contributed by atoms with E-state index in [1.807, 2.05) is 22.9 Å². The number of aromatic nitrogens is 2. The monoisotopic (exact) mass is 387 g/mol. The van der Waals surface area contributed by atoms with E-state index >= 15 is 0 Å². The van der Waals surface area contributed by atoms with Gasteiger partial charge in [-0.1, -0.05) is 6.07 Å². The van der Waals surface area contributed by atoms with Crippen LogP contribution in [0.1, 0.15) is 33.6 Å². The maximum absolute atomic E-state index is 12.2. The van der Waals surface area contributed by atoms with Crippen LogP contribution in [0.5, 0.6) is 0 Å². The van der Waals surface area contributed by atoms with Crippen LogP contribution in [0.2, 0.25) is 0 Å². The van der Waals surface area contributed by atoms with E-state index in [-0.39, 0.29) is 12.5 Å². The summed E-state index contributed by atoms with van der Waals surface area (Å²) in [5.41, 5.74) is 1.06. The number of benzene rings is 1. The summed E-state index contributed by atoms with van der Waals surface area (Å²) in [5.74, 6) is -0.317. The molecule has 1 aliphatic heterocycles. The Hall–Kier alpha value is -2.61. The first-order valence-corrected chi connectivity index (χ1v) is 9.75. The fourth-order valence-corrected chi connectivity index (χ4v) is 3.29. The van der Waals surface area contributed by atoms with Crippen LogP contribution >= 0.6 is 0 Å². The molecule has 1 aliphatic rings. The van der Waals surface area contributed by atoms with Crippen LogP contribution in [0, 0.1) is 0 Å². The molecule has 0 unspecified atom stereocenters. The fourth-order valence-electron chi connectivity index (χ4n) is 3.29. The van der Waals surface area contributed by atoms with E-state index in [0.29, 0.717) is 5.69 Å². The van der Waals surface area contributed by atoms with Crippen molar-refractivity contribution in [3.63, 3.8) is 0 Å². The summed E-state index contributed by atoms with van der Waals surface area (Å²) in [6, 6.07) is 5.73. The van der Waals surface area contributed by atoms with Crippen molar-refractivity contribution in [2.24, 2.45) is 0 Å². The highest BCUT2D eigenvalue weighted by Crippen LogP contribution is 2.23. The van der Waals surface area contributed by atoms with Crippen LogP contribution in [0.25, 0.3) is 10.9 Å². The van der Waals surface area contributed by atoms with Crippen molar-refractivity contribution in [3.8, 4) is 0 Å². The molecule has 28 heavy (non-hydrogen) atoms. The van der Waals surface area contributed by atoms with E-state index < -0.39 is 11.7 Å². The number of ether oxygens (including phenoxy) is 1. The highest BCUT2D eigenvalue weighted by atomic mass is 16.6. The molecule has 0 bridgehead atoms. The number of nitrogens with one attached hydrogen (secondary N) is 2. The van der Waals surface area contributed by atoms with Crippen LogP contribution in [-0.4, -0.2) is 58.5 Å². The molecule has 152 valence electrons. The Morgan fingerprint density at radius 3 is 2.64 bits per heavy atom. The summed E-state index contributed by atoms with van der Waals surface area (Å²) >= 11 is 0. The number of alkyl carbamates (subject to hydrolysis) is 1. The molecule has 1 saturated heterocycles. The number of anilines is 1. The molecule has 1 fully saturated rings. The predicted octanol–water partition coefficient (Wildman–Crippen LogP) is 2.60. The Labute approximate surface area is 165 Å². The van der Waals surface area contributed by atoms with Crippen LogP contribution in [-0.2, 0) is 16.1 Å². The maximum Gasteiger partial charge on any atom is 0.408 e. The molecule has 8 heteroatoms. The molecule has 2 N–H and O–H groups in total. The third kappa shape index (κ3) is 5.45. The molecule has 0 atom stereocenters. The van der Waals surface area contributed by atoms with E-state index in [1.165, 1.54) is 12.8 Å². The van der Waals surface area contributed by atoms with Gasteiger partial charge in [-0.2, -0.15) is 5.10 Å². The number of carbonyl (C=O) groups excluding carboxylic acids is 2. The lowest BCUT2D eigenvalue weighted by Crippen LogP contribution is -2.37. The SMILES string of the molecule is CC(C)(C)OC(=O)NCC(=O)Nc1cccc2c1cnn2CCN1CCCC1. The third-order valence-corrected chi connectivity index (χ3v) is 4.58. The van der Waals surface area contributed by atoms with Crippen molar-refractivity contribution in [3.05, 3.63) is 24.4 Å². The topological polar surface area (TPSA) is 88.5 Å². The summed E-state index contributed by atoms with van der Waals surface area (Å²) in [6.07, 6.45) is 3.70. The molecule has 0 spiro atoms. The second kappa shape index (κ2) is 8.60. The molecule has 1 aromatic carbocycles. The van der Waals surface area contributed by atoms with Gasteiger partial charge in [0.2, 0.25) is 5.91 Å². The van der Waals surface area contributed by atoms with Gasteiger partial charge in [-0.05, 0) is 58.8 Å². The van der Waals surface area contributed by atoms with Crippen LogP contribution in [0.4, 0.5) is 10.5 Å². The summed E-state index contributed by atoms with van der Waals surface area (Å²) in [5, 5.41) is 10.7. The lowest BCUT2D eigenvalue weighted by Gasteiger charge is -2.19. The van der Waals surface area contributed by atoms with Crippen molar-refractivity contribution in [1.82, 2.24) is 20.0 Å². The maximum atomic E-state index is 12.2. The first-order valence-electron chi connectivity index (χ1n) is 9.75. The van der Waals surface area contributed by atoms with Crippen molar-refractivity contribution in [1.29, 1.82) is 0 Å². The zero-order valence-electron chi connectivity index (χ0n) is 16.8. The Kier molecular flexibility index (Phi) is 6.18. The van der Waals surface area contributed by atoms with E-state index in [4.69, 9.17) is 4.74 Å². The van der Waals surface area contributed by atoms with Gasteiger partial charge < -0.3 is 20.3 Å². The van der Waals surface area contributed by atoms with Gasteiger partial charge in [-0.15, -0.1) is 0 Å². The Balaban J connectivity index is 1.58. The number of fused-ring (bicyclic) bond motifs is 1. The Morgan fingerprint density at radius 2 is 1.93 bits per heavy atom. The highest BCUT2D eigenvalue weighted by molar-refractivity contribution is 6.02. The van der Waals surface area contributed by atoms with Gasteiger partial charge >= 0.3 is 6.09 Å². The normalized spacial score (nSPS) is 15.0. The second-order valence-corrected chi connectivity index (χ2v) is 8.06. The average Bonchev–Trinajstić information content (AvgIpc) is 3.27. The lowest BCUT2D eigenvalue weighted by atomic mass is 10.2. The molecular weight excluding hydrogens is 358 g/mol. The van der Waals surface area contributed by atoms with Crippen molar-refractivity contribution < 1.29 is 14.3 Å². The molecule has 0 saturated carbocycles. The summed E-state index contributed by atoms with van der Waals surface area (Å²) in [6.45, 7) is 9.27. The molecule has 2 aromatic rings. The standard InChI is InChI=1S/C20H29N5O3/c1-20(2,3)28-19(27)21-14-18(26)23-16-7-6-8-17-15(16)13-22-25(17)12-11-24-9-4-5-10-24/h6-8,13H,4-5,9-12,14H2,1-3H3,(H,21,27)(H,23,26). The quantitative estimate of drug-likeness (QED) is 0.795. The molecule has 2 heterocycles. The van der Waals surface area contributed by atoms with Gasteiger partial charge in [0, 0.05) is 11.9 Å². The van der Waals surface area contributed by atoms with Gasteiger partial charge in [0.15, 0.2) is 0 Å². The number of hydrogen-bond donors (Lipinski definition) is 2. The molecule has 3 rings (SSSR count). The molecule has 2 amide bonds. The predicted molar refractivity (Wildman–Crippen MR) is 108 cm³/mol. The lowest BCUT2D eigenvalue weighted by molar-refractivity contribution is -0.115. The highest BCUT2D eigenvalue weighted by Gasteiger charge is 2.17. The van der Waals surface area contributed by atoms with Gasteiger partial charge in [0.05, 0.1) is 23.9 Å². The van der Waals surface area contributed by atoms with Crippen molar-refractivity contribution >= 4 is 28.6 Å². The minimum Gasteiger partial charge on any atom is -0.444 e. The number of nitrogens with zero attached hydrogens (tertiary/aromatic N) is 3. The summed E-state index contributed by atoms with van der Waals surface area (Å²) in [7, 11) is 0. The average molecular weight is 387 g/mol. The van der Waals surface area contributed by atoms with Crippen LogP contribution in [0.15, 0.2) is 24.4 Å². The van der Waals surface area contributed by atoms with E-state index in [2.05, 4.69) is 20.6 Å². The van der Waals surface area contributed by atoms with Gasteiger partial charge in [-0.3, -0.25) is 9.48 Å². The minimum atomic E-state index is -0.615. The third-order valence-electron chi connectivity index (χ3n) is 4.58. The molecule has 0 aliphatic carbocycles. The van der Waals surface area contributed by atoms with Gasteiger partial charge in [-0.25, -0.2) is 4.79 Å². The number of likely N-dealkylation sites (tertiary alicyclic amines) is 1. The Bertz CT molecular complexity index is 834. The van der Waals surface area contributed by atoms with E-state index in [0.717, 1.165) is 37.1 Å². The number of carbonyl (C=O) groups is 2. The molecule has 0 radical (unpaired) electrons. The van der Waals surface area contributed by atoms with Gasteiger partial charge in [0.1, 0.15) is 12.1 Å². The van der Waals surface area contributed by atoms with Crippen molar-refractivity contribution in [2.75, 3.05) is 31.5 Å². The molecular formula is C20H29N5O3. The first kappa shape index (κ1) is 20.1. The summed E-state index contributed by atoms with van der Waals surface area (Å²) in [4.78, 5) is 26.3.